The number of piperidine rings is 1. The van der Waals surface area contributed by atoms with E-state index in [-0.39, 0.29) is 36.9 Å². The minimum Gasteiger partial charge on any atom is -0.481 e. The second kappa shape index (κ2) is 10.1. The number of halogens is 1. The highest BCUT2D eigenvalue weighted by Gasteiger charge is 2.41. The fraction of sp³-hybridized carbons (Fsp3) is 0.619. The van der Waals surface area contributed by atoms with E-state index < -0.39 is 5.97 Å². The van der Waals surface area contributed by atoms with Crippen LogP contribution in [0.2, 0.25) is 0 Å². The Bertz CT molecular complexity index is 661. The van der Waals surface area contributed by atoms with Crippen LogP contribution in [0, 0.1) is 5.92 Å². The molecule has 1 aromatic carbocycles. The summed E-state index contributed by atoms with van der Waals surface area (Å²) in [6.07, 6.45) is 4.12. The highest BCUT2D eigenvalue weighted by molar-refractivity contribution is 5.95. The molecule has 7 heteroatoms. The van der Waals surface area contributed by atoms with E-state index in [4.69, 9.17) is 5.11 Å². The van der Waals surface area contributed by atoms with Crippen molar-refractivity contribution < 1.29 is 14.7 Å². The third kappa shape index (κ3) is 5.17. The number of hydrogen-bond donors (Lipinski definition) is 2. The van der Waals surface area contributed by atoms with Crippen LogP contribution in [0.15, 0.2) is 24.3 Å². The molecule has 2 aliphatic rings. The van der Waals surface area contributed by atoms with E-state index in [9.17, 15) is 9.59 Å². The van der Waals surface area contributed by atoms with Crippen LogP contribution in [0.3, 0.4) is 0 Å². The number of nitrogens with zero attached hydrogens (tertiary/aromatic N) is 2. The first-order valence-electron chi connectivity index (χ1n) is 10.1. The third-order valence-corrected chi connectivity index (χ3v) is 6.13. The number of aryl methyl sites for hydroxylation is 1. The largest absolute Gasteiger partial charge is 0.481 e. The maximum Gasteiger partial charge on any atom is 0.325 e. The molecule has 1 aromatic rings. The van der Waals surface area contributed by atoms with Crippen molar-refractivity contribution >= 4 is 30.1 Å². The molecule has 2 saturated heterocycles. The monoisotopic (exact) mass is 409 g/mol. The molecular formula is C21H32ClN3O3. The molecule has 0 spiro atoms. The standard InChI is InChI=1S/C21H31N3O3.ClH/c1-15-16(2)24(19-6-3-17(4-7-19)5-8-20(25)26)21(27)23(15)14-11-18-9-12-22-13-10-18;/h3-4,6-7,15-16,18,22H,5,8-14H2,1-2H3,(H,25,26);1H. The van der Waals surface area contributed by atoms with Crippen molar-refractivity contribution in [2.24, 2.45) is 5.92 Å². The zero-order valence-corrected chi connectivity index (χ0v) is 17.6. The summed E-state index contributed by atoms with van der Waals surface area (Å²) in [5, 5.41) is 12.2. The number of benzene rings is 1. The topological polar surface area (TPSA) is 72.9 Å². The number of carboxylic acids is 1. The lowest BCUT2D eigenvalue weighted by molar-refractivity contribution is -0.136. The fourth-order valence-corrected chi connectivity index (χ4v) is 4.17. The highest BCUT2D eigenvalue weighted by atomic mass is 35.5. The first-order valence-corrected chi connectivity index (χ1v) is 10.1. The second-order valence-corrected chi connectivity index (χ2v) is 7.87. The van der Waals surface area contributed by atoms with Gasteiger partial charge in [-0.1, -0.05) is 12.1 Å². The molecule has 0 bridgehead atoms. The van der Waals surface area contributed by atoms with Crippen molar-refractivity contribution in [1.82, 2.24) is 10.2 Å². The zero-order valence-electron chi connectivity index (χ0n) is 16.8. The summed E-state index contributed by atoms with van der Waals surface area (Å²) >= 11 is 0. The molecule has 2 heterocycles. The average Bonchev–Trinajstić information content (AvgIpc) is 2.88. The molecule has 156 valence electrons. The van der Waals surface area contributed by atoms with E-state index in [1.807, 2.05) is 34.1 Å². The van der Waals surface area contributed by atoms with Crippen LogP contribution >= 0.6 is 12.4 Å². The van der Waals surface area contributed by atoms with E-state index in [1.165, 1.54) is 12.8 Å². The predicted molar refractivity (Wildman–Crippen MR) is 113 cm³/mol. The van der Waals surface area contributed by atoms with Crippen LogP contribution < -0.4 is 10.2 Å². The lowest BCUT2D eigenvalue weighted by Crippen LogP contribution is -2.36. The molecule has 2 amide bonds. The van der Waals surface area contributed by atoms with Gasteiger partial charge in [-0.05, 0) is 76.2 Å². The van der Waals surface area contributed by atoms with Crippen LogP contribution in [-0.2, 0) is 11.2 Å². The van der Waals surface area contributed by atoms with Gasteiger partial charge in [-0.3, -0.25) is 9.69 Å². The summed E-state index contributed by atoms with van der Waals surface area (Å²) < 4.78 is 0. The van der Waals surface area contributed by atoms with E-state index >= 15 is 0 Å². The Morgan fingerprint density at radius 3 is 2.39 bits per heavy atom. The lowest BCUT2D eigenvalue weighted by atomic mass is 9.94. The van der Waals surface area contributed by atoms with Crippen molar-refractivity contribution in [3.05, 3.63) is 29.8 Å². The Balaban J connectivity index is 0.00000280. The Morgan fingerprint density at radius 2 is 1.79 bits per heavy atom. The number of carboxylic acid groups (broad SMARTS) is 1. The number of anilines is 1. The summed E-state index contributed by atoms with van der Waals surface area (Å²) in [6.45, 7) is 7.23. The summed E-state index contributed by atoms with van der Waals surface area (Å²) in [7, 11) is 0. The Morgan fingerprint density at radius 1 is 1.14 bits per heavy atom. The maximum atomic E-state index is 13.1. The van der Waals surface area contributed by atoms with Gasteiger partial charge < -0.3 is 15.3 Å². The molecule has 2 aliphatic heterocycles. The molecule has 0 aromatic heterocycles. The second-order valence-electron chi connectivity index (χ2n) is 7.87. The van der Waals surface area contributed by atoms with E-state index in [0.29, 0.717) is 12.3 Å². The third-order valence-electron chi connectivity index (χ3n) is 6.13. The quantitative estimate of drug-likeness (QED) is 0.722. The number of rotatable bonds is 7. The SMILES string of the molecule is CC1C(C)N(c2ccc(CCC(=O)O)cc2)C(=O)N1CCC1CCNCC1.Cl. The molecule has 2 unspecified atom stereocenters. The summed E-state index contributed by atoms with van der Waals surface area (Å²) in [5.74, 6) is -0.0789. The Kier molecular flexibility index (Phi) is 8.13. The molecule has 0 saturated carbocycles. The smallest absolute Gasteiger partial charge is 0.325 e. The molecular weight excluding hydrogens is 378 g/mol. The highest BCUT2D eigenvalue weighted by Crippen LogP contribution is 2.30. The zero-order chi connectivity index (χ0) is 19.4. The van der Waals surface area contributed by atoms with Gasteiger partial charge in [-0.25, -0.2) is 4.79 Å². The fourth-order valence-electron chi connectivity index (χ4n) is 4.17. The maximum absolute atomic E-state index is 13.1. The molecule has 0 aliphatic carbocycles. The summed E-state index contributed by atoms with van der Waals surface area (Å²) in [5.41, 5.74) is 1.87. The van der Waals surface area contributed by atoms with Gasteiger partial charge in [-0.15, -0.1) is 12.4 Å². The van der Waals surface area contributed by atoms with Crippen molar-refractivity contribution in [3.63, 3.8) is 0 Å². The number of amides is 2. The minimum absolute atomic E-state index is 0. The molecule has 2 fully saturated rings. The van der Waals surface area contributed by atoms with Gasteiger partial charge in [0, 0.05) is 18.7 Å². The van der Waals surface area contributed by atoms with Gasteiger partial charge in [0.2, 0.25) is 0 Å². The molecule has 6 nitrogen and oxygen atoms in total. The van der Waals surface area contributed by atoms with Crippen LogP contribution in [-0.4, -0.2) is 53.7 Å². The molecule has 3 rings (SSSR count). The number of carbonyl (C=O) groups is 2. The first kappa shape index (κ1) is 22.5. The van der Waals surface area contributed by atoms with Crippen molar-refractivity contribution in [2.75, 3.05) is 24.5 Å². The Labute approximate surface area is 173 Å². The van der Waals surface area contributed by atoms with Crippen LogP contribution in [0.5, 0.6) is 0 Å². The lowest BCUT2D eigenvalue weighted by Gasteiger charge is -2.27. The summed E-state index contributed by atoms with van der Waals surface area (Å²) in [4.78, 5) is 27.7. The minimum atomic E-state index is -0.791. The normalized spacial score (nSPS) is 23.0. The van der Waals surface area contributed by atoms with E-state index in [1.54, 1.807) is 0 Å². The predicted octanol–water partition coefficient (Wildman–Crippen LogP) is 3.53. The summed E-state index contributed by atoms with van der Waals surface area (Å²) in [6, 6.07) is 8.13. The number of carbonyl (C=O) groups excluding carboxylic acids is 1. The molecule has 28 heavy (non-hydrogen) atoms. The van der Waals surface area contributed by atoms with Crippen LogP contribution in [0.4, 0.5) is 10.5 Å². The van der Waals surface area contributed by atoms with Crippen molar-refractivity contribution in [3.8, 4) is 0 Å². The van der Waals surface area contributed by atoms with E-state index in [2.05, 4.69) is 19.2 Å². The number of urea groups is 1. The van der Waals surface area contributed by atoms with Crippen LogP contribution in [0.1, 0.15) is 45.1 Å². The van der Waals surface area contributed by atoms with Crippen molar-refractivity contribution in [2.45, 2.75) is 58.0 Å². The van der Waals surface area contributed by atoms with Gasteiger partial charge in [-0.2, -0.15) is 0 Å². The molecule has 2 atom stereocenters. The van der Waals surface area contributed by atoms with Crippen molar-refractivity contribution in [1.29, 1.82) is 0 Å². The molecule has 0 radical (unpaired) electrons. The number of nitrogens with one attached hydrogen (secondary N) is 1. The Hall–Kier alpha value is -1.79. The van der Waals surface area contributed by atoms with Gasteiger partial charge in [0.15, 0.2) is 0 Å². The molecule has 2 N–H and O–H groups in total. The van der Waals surface area contributed by atoms with Gasteiger partial charge in [0.1, 0.15) is 0 Å². The van der Waals surface area contributed by atoms with E-state index in [0.717, 1.165) is 37.3 Å². The van der Waals surface area contributed by atoms with Gasteiger partial charge in [0.25, 0.3) is 0 Å². The number of hydrogen-bond acceptors (Lipinski definition) is 3. The van der Waals surface area contributed by atoms with Gasteiger partial charge >= 0.3 is 12.0 Å². The average molecular weight is 410 g/mol. The number of aliphatic carboxylic acids is 1. The first-order chi connectivity index (χ1) is 13.0. The van der Waals surface area contributed by atoms with Crippen LogP contribution in [0.25, 0.3) is 0 Å². The van der Waals surface area contributed by atoms with Gasteiger partial charge in [0.05, 0.1) is 12.1 Å².